The van der Waals surface area contributed by atoms with Crippen molar-refractivity contribution in [2.75, 3.05) is 38.6 Å². The van der Waals surface area contributed by atoms with Gasteiger partial charge in [0.05, 0.1) is 18.4 Å². The van der Waals surface area contributed by atoms with Crippen LogP contribution in [0.2, 0.25) is 0 Å². The van der Waals surface area contributed by atoms with Gasteiger partial charge in [-0.25, -0.2) is 9.59 Å². The molecular formula is C21H25N3O3. The van der Waals surface area contributed by atoms with Crippen molar-refractivity contribution < 1.29 is 14.3 Å². The molecule has 27 heavy (non-hydrogen) atoms. The van der Waals surface area contributed by atoms with Gasteiger partial charge in [-0.15, -0.1) is 0 Å². The first-order valence-electron chi connectivity index (χ1n) is 9.17. The summed E-state index contributed by atoms with van der Waals surface area (Å²) in [5.41, 5.74) is 2.11. The molecule has 0 aromatic heterocycles. The monoisotopic (exact) mass is 367 g/mol. The molecule has 6 heteroatoms. The van der Waals surface area contributed by atoms with Crippen molar-refractivity contribution in [3.05, 3.63) is 65.7 Å². The molecule has 1 N–H and O–H groups in total. The number of ether oxygens (including phenoxy) is 1. The Morgan fingerprint density at radius 3 is 2.48 bits per heavy atom. The average molecular weight is 367 g/mol. The normalized spacial score (nSPS) is 15.1. The topological polar surface area (TPSA) is 61.9 Å². The largest absolute Gasteiger partial charge is 0.465 e. The molecule has 0 aliphatic carbocycles. The van der Waals surface area contributed by atoms with Crippen LogP contribution in [0.3, 0.4) is 0 Å². The maximum Gasteiger partial charge on any atom is 0.339 e. The lowest BCUT2D eigenvalue weighted by Crippen LogP contribution is -2.38. The summed E-state index contributed by atoms with van der Waals surface area (Å²) in [5.74, 6) is -0.462. The molecule has 142 valence electrons. The Hall–Kier alpha value is -2.86. The van der Waals surface area contributed by atoms with Crippen molar-refractivity contribution in [3.8, 4) is 0 Å². The Kier molecular flexibility index (Phi) is 6.44. The van der Waals surface area contributed by atoms with Crippen LogP contribution in [0.25, 0.3) is 0 Å². The van der Waals surface area contributed by atoms with Crippen LogP contribution in [0.4, 0.5) is 10.5 Å². The number of amides is 2. The van der Waals surface area contributed by atoms with Gasteiger partial charge in [-0.2, -0.15) is 0 Å². The average Bonchev–Trinajstić information content (AvgIpc) is 2.94. The summed E-state index contributed by atoms with van der Waals surface area (Å²) in [6.45, 7) is 4.01. The van der Waals surface area contributed by atoms with Gasteiger partial charge in [-0.05, 0) is 24.1 Å². The summed E-state index contributed by atoms with van der Waals surface area (Å²) >= 11 is 0. The Balaban J connectivity index is 1.59. The molecule has 2 aromatic carbocycles. The Labute approximate surface area is 159 Å². The van der Waals surface area contributed by atoms with E-state index in [9.17, 15) is 9.59 Å². The van der Waals surface area contributed by atoms with E-state index >= 15 is 0 Å². The first-order chi connectivity index (χ1) is 13.2. The first kappa shape index (κ1) is 18.9. The maximum atomic E-state index is 12.7. The van der Waals surface area contributed by atoms with Gasteiger partial charge in [0.2, 0.25) is 0 Å². The SMILES string of the molecule is COC(=O)c1ccccc1NC(=O)N1CCCN(Cc2ccccc2)CC1. The highest BCUT2D eigenvalue weighted by Gasteiger charge is 2.21. The quantitative estimate of drug-likeness (QED) is 0.843. The number of nitrogens with one attached hydrogen (secondary N) is 1. The number of esters is 1. The lowest BCUT2D eigenvalue weighted by atomic mass is 10.2. The summed E-state index contributed by atoms with van der Waals surface area (Å²) in [4.78, 5) is 28.7. The number of hydrogen-bond donors (Lipinski definition) is 1. The zero-order chi connectivity index (χ0) is 19.1. The van der Waals surface area contributed by atoms with Gasteiger partial charge < -0.3 is 15.0 Å². The molecule has 1 aliphatic rings. The number of benzene rings is 2. The van der Waals surface area contributed by atoms with Crippen LogP contribution in [-0.2, 0) is 11.3 Å². The number of anilines is 1. The highest BCUT2D eigenvalue weighted by molar-refractivity contribution is 6.00. The van der Waals surface area contributed by atoms with Crippen molar-refractivity contribution in [1.82, 2.24) is 9.80 Å². The van der Waals surface area contributed by atoms with Gasteiger partial charge >= 0.3 is 12.0 Å². The summed E-state index contributed by atoms with van der Waals surface area (Å²) in [6, 6.07) is 17.1. The zero-order valence-electron chi connectivity index (χ0n) is 15.6. The second-order valence-electron chi connectivity index (χ2n) is 6.57. The van der Waals surface area contributed by atoms with Crippen molar-refractivity contribution in [3.63, 3.8) is 0 Å². The van der Waals surface area contributed by atoms with E-state index < -0.39 is 5.97 Å². The number of carbonyl (C=O) groups excluding carboxylic acids is 2. The second-order valence-corrected chi connectivity index (χ2v) is 6.57. The molecule has 0 bridgehead atoms. The minimum absolute atomic E-state index is 0.187. The molecule has 1 heterocycles. The smallest absolute Gasteiger partial charge is 0.339 e. The molecule has 1 aliphatic heterocycles. The van der Waals surface area contributed by atoms with Crippen molar-refractivity contribution in [2.45, 2.75) is 13.0 Å². The predicted molar refractivity (Wildman–Crippen MR) is 105 cm³/mol. The lowest BCUT2D eigenvalue weighted by Gasteiger charge is -2.23. The molecule has 0 saturated carbocycles. The van der Waals surface area contributed by atoms with Gasteiger partial charge in [0.25, 0.3) is 0 Å². The van der Waals surface area contributed by atoms with Crippen molar-refractivity contribution >= 4 is 17.7 Å². The van der Waals surface area contributed by atoms with Gasteiger partial charge in [-0.1, -0.05) is 42.5 Å². The molecule has 2 aromatic rings. The maximum absolute atomic E-state index is 12.7. The summed E-state index contributed by atoms with van der Waals surface area (Å²) in [7, 11) is 1.33. The summed E-state index contributed by atoms with van der Waals surface area (Å²) in [6.07, 6.45) is 0.916. The molecule has 1 fully saturated rings. The van der Waals surface area contributed by atoms with Crippen LogP contribution < -0.4 is 5.32 Å². The van der Waals surface area contributed by atoms with Crippen LogP contribution >= 0.6 is 0 Å². The number of methoxy groups -OCH3 is 1. The fourth-order valence-electron chi connectivity index (χ4n) is 3.25. The minimum Gasteiger partial charge on any atom is -0.465 e. The van der Waals surface area contributed by atoms with E-state index in [2.05, 4.69) is 22.3 Å². The third-order valence-corrected chi connectivity index (χ3v) is 4.70. The zero-order valence-corrected chi connectivity index (χ0v) is 15.6. The molecule has 3 rings (SSSR count). The molecule has 2 amide bonds. The third kappa shape index (κ3) is 5.08. The van der Waals surface area contributed by atoms with Crippen LogP contribution in [0, 0.1) is 0 Å². The van der Waals surface area contributed by atoms with Crippen LogP contribution in [0.15, 0.2) is 54.6 Å². The van der Waals surface area contributed by atoms with E-state index in [0.29, 0.717) is 24.3 Å². The lowest BCUT2D eigenvalue weighted by molar-refractivity contribution is 0.0602. The van der Waals surface area contributed by atoms with Crippen LogP contribution in [-0.4, -0.2) is 55.1 Å². The van der Waals surface area contributed by atoms with E-state index in [0.717, 1.165) is 26.1 Å². The third-order valence-electron chi connectivity index (χ3n) is 4.70. The van der Waals surface area contributed by atoms with E-state index in [4.69, 9.17) is 4.74 Å². The number of para-hydroxylation sites is 1. The first-order valence-corrected chi connectivity index (χ1v) is 9.17. The Morgan fingerprint density at radius 2 is 1.70 bits per heavy atom. The molecular weight excluding hydrogens is 342 g/mol. The molecule has 1 saturated heterocycles. The standard InChI is InChI=1S/C21H25N3O3/c1-27-20(25)18-10-5-6-11-19(18)22-21(26)24-13-7-12-23(14-15-24)16-17-8-3-2-4-9-17/h2-6,8-11H,7,12-16H2,1H3,(H,22,26). The van der Waals surface area contributed by atoms with Crippen molar-refractivity contribution in [1.29, 1.82) is 0 Å². The van der Waals surface area contributed by atoms with E-state index in [1.165, 1.54) is 12.7 Å². The summed E-state index contributed by atoms with van der Waals surface area (Å²) in [5, 5.41) is 2.86. The molecule has 0 atom stereocenters. The number of carbonyl (C=O) groups is 2. The van der Waals surface area contributed by atoms with E-state index in [1.54, 1.807) is 29.2 Å². The number of urea groups is 1. The van der Waals surface area contributed by atoms with Gasteiger partial charge in [-0.3, -0.25) is 4.90 Å². The minimum atomic E-state index is -0.462. The number of hydrogen-bond acceptors (Lipinski definition) is 4. The van der Waals surface area contributed by atoms with Crippen LogP contribution in [0.5, 0.6) is 0 Å². The van der Waals surface area contributed by atoms with Crippen molar-refractivity contribution in [2.24, 2.45) is 0 Å². The Morgan fingerprint density at radius 1 is 0.963 bits per heavy atom. The molecule has 0 unspecified atom stereocenters. The second kappa shape index (κ2) is 9.19. The Bertz CT molecular complexity index is 779. The number of rotatable bonds is 4. The van der Waals surface area contributed by atoms with E-state index in [-0.39, 0.29) is 6.03 Å². The van der Waals surface area contributed by atoms with E-state index in [1.807, 2.05) is 18.2 Å². The highest BCUT2D eigenvalue weighted by atomic mass is 16.5. The van der Waals surface area contributed by atoms with Gasteiger partial charge in [0.1, 0.15) is 0 Å². The molecule has 0 spiro atoms. The van der Waals surface area contributed by atoms with Gasteiger partial charge in [0.15, 0.2) is 0 Å². The number of nitrogens with zero attached hydrogens (tertiary/aromatic N) is 2. The van der Waals surface area contributed by atoms with Gasteiger partial charge in [0, 0.05) is 32.7 Å². The summed E-state index contributed by atoms with van der Waals surface area (Å²) < 4.78 is 4.78. The molecule has 6 nitrogen and oxygen atoms in total. The fraction of sp³-hybridized carbons (Fsp3) is 0.333. The molecule has 0 radical (unpaired) electrons. The highest BCUT2D eigenvalue weighted by Crippen LogP contribution is 2.17. The van der Waals surface area contributed by atoms with Crippen LogP contribution in [0.1, 0.15) is 22.3 Å². The fourth-order valence-corrected chi connectivity index (χ4v) is 3.25. The predicted octanol–water partition coefficient (Wildman–Crippen LogP) is 3.21.